The first-order chi connectivity index (χ1) is 13.7. The summed E-state index contributed by atoms with van der Waals surface area (Å²) >= 11 is 1.45. The third-order valence-corrected chi connectivity index (χ3v) is 6.33. The number of carbonyl (C=O) groups excluding carboxylic acids is 2. The molecule has 4 rings (SSSR count). The maximum absolute atomic E-state index is 12.5. The van der Waals surface area contributed by atoms with Gasteiger partial charge < -0.3 is 15.7 Å². The minimum absolute atomic E-state index is 0.0159. The first-order valence-electron chi connectivity index (χ1n) is 9.48. The van der Waals surface area contributed by atoms with Crippen molar-refractivity contribution in [2.45, 2.75) is 25.3 Å². The van der Waals surface area contributed by atoms with Gasteiger partial charge in [-0.05, 0) is 60.0 Å². The quantitative estimate of drug-likeness (QED) is 0.573. The zero-order valence-corrected chi connectivity index (χ0v) is 16.2. The first-order valence-corrected chi connectivity index (χ1v) is 10.3. The van der Waals surface area contributed by atoms with Crippen LogP contribution in [0.25, 0.3) is 21.2 Å². The number of benzene rings is 2. The molecule has 0 radical (unpaired) electrons. The lowest BCUT2D eigenvalue weighted by molar-refractivity contribution is 0.0951. The van der Waals surface area contributed by atoms with Crippen LogP contribution in [0, 0.1) is 0 Å². The Kier molecular flexibility index (Phi) is 5.41. The standard InChI is InChI=1S/C22H22N2O3S/c25-13-18-17-6-4-15(11-14(17)5-7-19(18)26)20-8-9-21(28-20)22(27)24-12-16-3-1-2-10-23-16/h4-9,11,13,16,23,26H,1-3,10,12H2,(H,24,27). The summed E-state index contributed by atoms with van der Waals surface area (Å²) in [4.78, 5) is 25.4. The van der Waals surface area contributed by atoms with Gasteiger partial charge in [-0.3, -0.25) is 9.59 Å². The van der Waals surface area contributed by atoms with Crippen LogP contribution in [0.4, 0.5) is 0 Å². The molecule has 1 aromatic heterocycles. The topological polar surface area (TPSA) is 78.4 Å². The number of piperidine rings is 1. The van der Waals surface area contributed by atoms with Gasteiger partial charge in [0.05, 0.1) is 10.4 Å². The molecular formula is C22H22N2O3S. The van der Waals surface area contributed by atoms with Crippen LogP contribution in [0.3, 0.4) is 0 Å². The number of rotatable bonds is 5. The number of hydrogen-bond acceptors (Lipinski definition) is 5. The van der Waals surface area contributed by atoms with Gasteiger partial charge in [-0.1, -0.05) is 24.6 Å². The molecule has 0 bridgehead atoms. The van der Waals surface area contributed by atoms with Crippen molar-refractivity contribution < 1.29 is 14.7 Å². The number of nitrogens with one attached hydrogen (secondary N) is 2. The number of hydrogen-bond donors (Lipinski definition) is 3. The van der Waals surface area contributed by atoms with Crippen LogP contribution in [-0.2, 0) is 0 Å². The molecule has 144 valence electrons. The minimum Gasteiger partial charge on any atom is -0.507 e. The van der Waals surface area contributed by atoms with Crippen LogP contribution in [-0.4, -0.2) is 36.4 Å². The molecule has 28 heavy (non-hydrogen) atoms. The number of aromatic hydroxyl groups is 1. The molecule has 1 atom stereocenters. The second-order valence-electron chi connectivity index (χ2n) is 7.07. The average Bonchev–Trinajstić information content (AvgIpc) is 3.23. The maximum Gasteiger partial charge on any atom is 0.261 e. The maximum atomic E-state index is 12.5. The number of carbonyl (C=O) groups is 2. The van der Waals surface area contributed by atoms with Crippen molar-refractivity contribution in [3.63, 3.8) is 0 Å². The molecule has 0 saturated carbocycles. The van der Waals surface area contributed by atoms with E-state index in [1.807, 2.05) is 30.3 Å². The first kappa shape index (κ1) is 18.7. The van der Waals surface area contributed by atoms with Gasteiger partial charge in [0.1, 0.15) is 5.75 Å². The summed E-state index contributed by atoms with van der Waals surface area (Å²) in [7, 11) is 0. The fraction of sp³-hybridized carbons (Fsp3) is 0.273. The fourth-order valence-corrected chi connectivity index (χ4v) is 4.55. The molecule has 1 aliphatic rings. The Labute approximate surface area is 167 Å². The summed E-state index contributed by atoms with van der Waals surface area (Å²) in [5, 5.41) is 17.9. The van der Waals surface area contributed by atoms with E-state index in [4.69, 9.17) is 0 Å². The van der Waals surface area contributed by atoms with Crippen molar-refractivity contribution in [1.29, 1.82) is 0 Å². The highest BCUT2D eigenvalue weighted by Crippen LogP contribution is 2.33. The van der Waals surface area contributed by atoms with Crippen molar-refractivity contribution in [1.82, 2.24) is 10.6 Å². The largest absolute Gasteiger partial charge is 0.507 e. The molecule has 1 fully saturated rings. The van der Waals surface area contributed by atoms with Crippen molar-refractivity contribution in [3.05, 3.63) is 52.9 Å². The highest BCUT2D eigenvalue weighted by Gasteiger charge is 2.16. The summed E-state index contributed by atoms with van der Waals surface area (Å²) in [5.74, 6) is -0.0598. The number of phenols is 1. The molecule has 0 spiro atoms. The number of aldehydes is 1. The fourth-order valence-electron chi connectivity index (χ4n) is 3.64. The highest BCUT2D eigenvalue weighted by atomic mass is 32.1. The van der Waals surface area contributed by atoms with Crippen LogP contribution >= 0.6 is 11.3 Å². The molecule has 1 unspecified atom stereocenters. The zero-order valence-electron chi connectivity index (χ0n) is 15.4. The number of thiophene rings is 1. The van der Waals surface area contributed by atoms with Crippen molar-refractivity contribution in [2.75, 3.05) is 13.1 Å². The van der Waals surface area contributed by atoms with E-state index in [1.165, 1.54) is 30.2 Å². The Hall–Kier alpha value is -2.70. The Morgan fingerprint density at radius 1 is 1.21 bits per heavy atom. The predicted molar refractivity (Wildman–Crippen MR) is 112 cm³/mol. The molecule has 3 aromatic rings. The number of amides is 1. The minimum atomic E-state index is -0.0439. The monoisotopic (exact) mass is 394 g/mol. The van der Waals surface area contributed by atoms with E-state index in [-0.39, 0.29) is 11.7 Å². The third-order valence-electron chi connectivity index (χ3n) is 5.19. The molecule has 1 aliphatic heterocycles. The summed E-state index contributed by atoms with van der Waals surface area (Å²) in [6.45, 7) is 1.68. The van der Waals surface area contributed by atoms with Gasteiger partial charge in [-0.25, -0.2) is 0 Å². The Morgan fingerprint density at radius 3 is 2.89 bits per heavy atom. The van der Waals surface area contributed by atoms with E-state index >= 15 is 0 Å². The Balaban J connectivity index is 1.51. The lowest BCUT2D eigenvalue weighted by Gasteiger charge is -2.23. The van der Waals surface area contributed by atoms with E-state index in [0.29, 0.717) is 34.7 Å². The van der Waals surface area contributed by atoms with Crippen LogP contribution in [0.1, 0.15) is 39.3 Å². The van der Waals surface area contributed by atoms with Crippen LogP contribution in [0.5, 0.6) is 5.75 Å². The van der Waals surface area contributed by atoms with Crippen molar-refractivity contribution >= 4 is 34.3 Å². The van der Waals surface area contributed by atoms with E-state index in [0.717, 1.165) is 28.8 Å². The lowest BCUT2D eigenvalue weighted by atomic mass is 10.0. The van der Waals surface area contributed by atoms with Crippen LogP contribution in [0.2, 0.25) is 0 Å². The number of fused-ring (bicyclic) bond motifs is 1. The molecular weight excluding hydrogens is 372 g/mol. The summed E-state index contributed by atoms with van der Waals surface area (Å²) in [6.07, 6.45) is 4.19. The molecule has 6 heteroatoms. The van der Waals surface area contributed by atoms with E-state index in [1.54, 1.807) is 6.07 Å². The second kappa shape index (κ2) is 8.12. The molecule has 1 saturated heterocycles. The smallest absolute Gasteiger partial charge is 0.261 e. The SMILES string of the molecule is O=Cc1c(O)ccc2cc(-c3ccc(C(=O)NCC4CCCCN4)s3)ccc12. The molecule has 0 aliphatic carbocycles. The van der Waals surface area contributed by atoms with Crippen LogP contribution in [0.15, 0.2) is 42.5 Å². The normalized spacial score (nSPS) is 16.8. The predicted octanol–water partition coefficient (Wildman–Crippen LogP) is 3.96. The van der Waals surface area contributed by atoms with E-state index in [9.17, 15) is 14.7 Å². The summed E-state index contributed by atoms with van der Waals surface area (Å²) in [6, 6.07) is 13.2. The van der Waals surface area contributed by atoms with Gasteiger partial charge in [0, 0.05) is 17.5 Å². The van der Waals surface area contributed by atoms with E-state index < -0.39 is 0 Å². The van der Waals surface area contributed by atoms with Crippen LogP contribution < -0.4 is 10.6 Å². The molecule has 2 heterocycles. The lowest BCUT2D eigenvalue weighted by Crippen LogP contribution is -2.43. The van der Waals surface area contributed by atoms with Gasteiger partial charge in [-0.2, -0.15) is 0 Å². The van der Waals surface area contributed by atoms with Gasteiger partial charge in [-0.15, -0.1) is 11.3 Å². The average molecular weight is 394 g/mol. The van der Waals surface area contributed by atoms with E-state index in [2.05, 4.69) is 10.6 Å². The van der Waals surface area contributed by atoms with Gasteiger partial charge >= 0.3 is 0 Å². The Bertz CT molecular complexity index is 1020. The summed E-state index contributed by atoms with van der Waals surface area (Å²) < 4.78 is 0. The van der Waals surface area contributed by atoms with Gasteiger partial charge in [0.25, 0.3) is 5.91 Å². The van der Waals surface area contributed by atoms with Crippen molar-refractivity contribution in [2.24, 2.45) is 0 Å². The molecule has 5 nitrogen and oxygen atoms in total. The van der Waals surface area contributed by atoms with Crippen molar-refractivity contribution in [3.8, 4) is 16.2 Å². The molecule has 2 aromatic carbocycles. The second-order valence-corrected chi connectivity index (χ2v) is 8.16. The highest BCUT2D eigenvalue weighted by molar-refractivity contribution is 7.17. The molecule has 3 N–H and O–H groups in total. The number of phenolic OH excluding ortho intramolecular Hbond substituents is 1. The zero-order chi connectivity index (χ0) is 19.5. The summed E-state index contributed by atoms with van der Waals surface area (Å²) in [5.41, 5.74) is 1.28. The van der Waals surface area contributed by atoms with Gasteiger partial charge in [0.2, 0.25) is 0 Å². The molecule has 1 amide bonds. The van der Waals surface area contributed by atoms with Gasteiger partial charge in [0.15, 0.2) is 6.29 Å². The Morgan fingerprint density at radius 2 is 2.11 bits per heavy atom. The third kappa shape index (κ3) is 3.79.